The van der Waals surface area contributed by atoms with Crippen LogP contribution in [0.25, 0.3) is 0 Å². The van der Waals surface area contributed by atoms with E-state index in [4.69, 9.17) is 0 Å². The first-order valence-electron chi connectivity index (χ1n) is 6.45. The van der Waals surface area contributed by atoms with Gasteiger partial charge in [0.05, 0.1) is 15.9 Å². The van der Waals surface area contributed by atoms with Crippen molar-refractivity contribution in [2.24, 2.45) is 0 Å². The molecule has 0 aliphatic heterocycles. The number of nitro benzene ring substituents is 1. The molecule has 116 valence electrons. The molecule has 1 fully saturated rings. The van der Waals surface area contributed by atoms with Gasteiger partial charge in [-0.3, -0.25) is 10.1 Å². The molecule has 2 rings (SSSR count). The molecule has 0 radical (unpaired) electrons. The van der Waals surface area contributed by atoms with Gasteiger partial charge < -0.3 is 5.11 Å². The highest BCUT2D eigenvalue weighted by Crippen LogP contribution is 2.24. The van der Waals surface area contributed by atoms with Crippen molar-refractivity contribution in [3.8, 4) is 0 Å². The molecule has 2 atom stereocenters. The minimum absolute atomic E-state index is 0.395. The lowest BCUT2D eigenvalue weighted by atomic mass is 9.93. The van der Waals surface area contributed by atoms with Crippen molar-refractivity contribution >= 4 is 15.7 Å². The Balaban J connectivity index is 2.27. The molecule has 0 amide bonds. The van der Waals surface area contributed by atoms with E-state index in [1.54, 1.807) is 0 Å². The smallest absolute Gasteiger partial charge is 0.306 e. The molecule has 1 aliphatic rings. The van der Waals surface area contributed by atoms with Crippen molar-refractivity contribution in [2.45, 2.75) is 42.7 Å². The minimum atomic E-state index is -4.05. The molecule has 0 bridgehead atoms. The zero-order chi connectivity index (χ0) is 15.6. The second-order valence-electron chi connectivity index (χ2n) is 4.95. The van der Waals surface area contributed by atoms with Crippen molar-refractivity contribution in [1.82, 2.24) is 4.72 Å². The Morgan fingerprint density at radius 3 is 2.62 bits per heavy atom. The van der Waals surface area contributed by atoms with Crippen molar-refractivity contribution in [3.05, 3.63) is 34.1 Å². The average Bonchev–Trinajstić information content (AvgIpc) is 2.41. The van der Waals surface area contributed by atoms with E-state index in [1.165, 1.54) is 0 Å². The van der Waals surface area contributed by atoms with Crippen LogP contribution in [0.5, 0.6) is 0 Å². The monoisotopic (exact) mass is 318 g/mol. The number of nitro groups is 1. The van der Waals surface area contributed by atoms with Crippen LogP contribution in [0, 0.1) is 15.9 Å². The molecule has 0 spiro atoms. The SMILES string of the molecule is O=[N+]([O-])c1cc(S(=O)(=O)N[C@@H]2CCCC[C@H]2O)ccc1F. The van der Waals surface area contributed by atoms with E-state index in [2.05, 4.69) is 4.72 Å². The minimum Gasteiger partial charge on any atom is -0.391 e. The second-order valence-corrected chi connectivity index (χ2v) is 6.66. The van der Waals surface area contributed by atoms with Crippen LogP contribution in [0.15, 0.2) is 23.1 Å². The lowest BCUT2D eigenvalue weighted by Gasteiger charge is -2.28. The topological polar surface area (TPSA) is 110 Å². The van der Waals surface area contributed by atoms with Crippen molar-refractivity contribution in [2.75, 3.05) is 0 Å². The van der Waals surface area contributed by atoms with Gasteiger partial charge in [-0.1, -0.05) is 12.8 Å². The van der Waals surface area contributed by atoms with Crippen molar-refractivity contribution in [1.29, 1.82) is 0 Å². The number of halogens is 1. The zero-order valence-corrected chi connectivity index (χ0v) is 11.8. The fourth-order valence-electron chi connectivity index (χ4n) is 2.32. The molecule has 7 nitrogen and oxygen atoms in total. The number of benzene rings is 1. The molecule has 0 saturated heterocycles. The van der Waals surface area contributed by atoms with Crippen molar-refractivity contribution in [3.63, 3.8) is 0 Å². The van der Waals surface area contributed by atoms with E-state index in [9.17, 15) is 28.0 Å². The van der Waals surface area contributed by atoms with Crippen LogP contribution < -0.4 is 4.72 Å². The molecule has 1 aromatic rings. The number of hydrogen-bond acceptors (Lipinski definition) is 5. The Morgan fingerprint density at radius 1 is 1.33 bits per heavy atom. The first-order chi connectivity index (χ1) is 9.81. The number of aliphatic hydroxyl groups excluding tert-OH is 1. The van der Waals surface area contributed by atoms with E-state index < -0.39 is 43.5 Å². The fourth-order valence-corrected chi connectivity index (χ4v) is 3.64. The summed E-state index contributed by atoms with van der Waals surface area (Å²) in [5.74, 6) is -1.10. The van der Waals surface area contributed by atoms with Gasteiger partial charge in [-0.25, -0.2) is 13.1 Å². The Bertz CT molecular complexity index is 649. The largest absolute Gasteiger partial charge is 0.391 e. The van der Waals surface area contributed by atoms with Gasteiger partial charge in [0.25, 0.3) is 0 Å². The van der Waals surface area contributed by atoms with Crippen LogP contribution in [0.3, 0.4) is 0 Å². The highest BCUT2D eigenvalue weighted by Gasteiger charge is 2.29. The number of aliphatic hydroxyl groups is 1. The lowest BCUT2D eigenvalue weighted by Crippen LogP contribution is -2.44. The Morgan fingerprint density at radius 2 is 2.00 bits per heavy atom. The summed E-state index contributed by atoms with van der Waals surface area (Å²) in [5.41, 5.74) is -0.901. The van der Waals surface area contributed by atoms with Gasteiger partial charge in [0.1, 0.15) is 0 Å². The van der Waals surface area contributed by atoms with E-state index in [1.807, 2.05) is 0 Å². The van der Waals surface area contributed by atoms with Crippen LogP contribution in [-0.2, 0) is 10.0 Å². The van der Waals surface area contributed by atoms with E-state index in [-0.39, 0.29) is 0 Å². The first kappa shape index (κ1) is 15.8. The standard InChI is InChI=1S/C12H15FN2O5S/c13-9-6-5-8(7-11(9)15(17)18)21(19,20)14-10-3-1-2-4-12(10)16/h5-7,10,12,14,16H,1-4H2/t10-,12-/m1/s1. The third-order valence-electron chi connectivity index (χ3n) is 3.46. The summed E-state index contributed by atoms with van der Waals surface area (Å²) < 4.78 is 39.9. The maximum atomic E-state index is 13.2. The quantitative estimate of drug-likeness (QED) is 0.642. The summed E-state index contributed by atoms with van der Waals surface area (Å²) in [6, 6.07) is 1.74. The van der Waals surface area contributed by atoms with E-state index in [0.29, 0.717) is 18.9 Å². The number of sulfonamides is 1. The number of nitrogens with zero attached hydrogens (tertiary/aromatic N) is 1. The van der Waals surface area contributed by atoms with Gasteiger partial charge in [0.2, 0.25) is 15.8 Å². The third kappa shape index (κ3) is 3.55. The summed E-state index contributed by atoms with van der Waals surface area (Å²) in [4.78, 5) is 9.28. The second kappa shape index (κ2) is 6.04. The summed E-state index contributed by atoms with van der Waals surface area (Å²) in [6.07, 6.45) is 1.80. The highest BCUT2D eigenvalue weighted by atomic mass is 32.2. The molecule has 0 unspecified atom stereocenters. The summed E-state index contributed by atoms with van der Waals surface area (Å²) in [6.45, 7) is 0. The van der Waals surface area contributed by atoms with Crippen molar-refractivity contribution < 1.29 is 22.8 Å². The van der Waals surface area contributed by atoms with Crippen LogP contribution in [-0.4, -0.2) is 30.6 Å². The van der Waals surface area contributed by atoms with Crippen LogP contribution in [0.4, 0.5) is 10.1 Å². The number of rotatable bonds is 4. The average molecular weight is 318 g/mol. The molecule has 1 aliphatic carbocycles. The molecular weight excluding hydrogens is 303 g/mol. The number of nitrogens with one attached hydrogen (secondary N) is 1. The maximum Gasteiger partial charge on any atom is 0.306 e. The van der Waals surface area contributed by atoms with Gasteiger partial charge in [-0.2, -0.15) is 4.39 Å². The molecule has 1 aromatic carbocycles. The van der Waals surface area contributed by atoms with Crippen LogP contribution in [0.2, 0.25) is 0 Å². The van der Waals surface area contributed by atoms with Gasteiger partial charge in [0, 0.05) is 12.1 Å². The van der Waals surface area contributed by atoms with Crippen LogP contribution in [0.1, 0.15) is 25.7 Å². The van der Waals surface area contributed by atoms with Gasteiger partial charge >= 0.3 is 5.69 Å². The van der Waals surface area contributed by atoms with Crippen LogP contribution >= 0.6 is 0 Å². The summed E-state index contributed by atoms with van der Waals surface area (Å²) in [5, 5.41) is 20.4. The Hall–Kier alpha value is -1.58. The predicted octanol–water partition coefficient (Wildman–Crippen LogP) is 1.32. The molecule has 2 N–H and O–H groups in total. The predicted molar refractivity (Wildman–Crippen MR) is 71.6 cm³/mol. The first-order valence-corrected chi connectivity index (χ1v) is 7.94. The van der Waals surface area contributed by atoms with Gasteiger partial charge in [-0.15, -0.1) is 0 Å². The maximum absolute atomic E-state index is 13.2. The lowest BCUT2D eigenvalue weighted by molar-refractivity contribution is -0.387. The van der Waals surface area contributed by atoms with E-state index >= 15 is 0 Å². The summed E-state index contributed by atoms with van der Waals surface area (Å²) >= 11 is 0. The fraction of sp³-hybridized carbons (Fsp3) is 0.500. The van der Waals surface area contributed by atoms with Gasteiger partial charge in [-0.05, 0) is 25.0 Å². The molecule has 21 heavy (non-hydrogen) atoms. The highest BCUT2D eigenvalue weighted by molar-refractivity contribution is 7.89. The Kier molecular flexibility index (Phi) is 4.55. The molecule has 0 heterocycles. The Labute approximate surface area is 121 Å². The third-order valence-corrected chi connectivity index (χ3v) is 4.95. The zero-order valence-electron chi connectivity index (χ0n) is 11.0. The van der Waals surface area contributed by atoms with E-state index in [0.717, 1.165) is 25.0 Å². The number of hydrogen-bond donors (Lipinski definition) is 2. The normalized spacial score (nSPS) is 23.0. The molecule has 9 heteroatoms. The van der Waals surface area contributed by atoms with Gasteiger partial charge in [0.15, 0.2) is 0 Å². The molecule has 1 saturated carbocycles. The molecule has 0 aromatic heterocycles. The molecular formula is C12H15FN2O5S. The summed E-state index contributed by atoms with van der Waals surface area (Å²) in [7, 11) is -4.05.